The molecule has 2 heterocycles. The highest BCUT2D eigenvalue weighted by Gasteiger charge is 2.28. The number of rotatable bonds is 5. The summed E-state index contributed by atoms with van der Waals surface area (Å²) in [4.78, 5) is 16.8. The van der Waals surface area contributed by atoms with E-state index in [4.69, 9.17) is 9.15 Å². The molecule has 1 aliphatic heterocycles. The first-order valence-corrected chi connectivity index (χ1v) is 9.19. The summed E-state index contributed by atoms with van der Waals surface area (Å²) in [5, 5.41) is 0.879. The maximum absolute atomic E-state index is 12.7. The normalized spacial score (nSPS) is 15.9. The van der Waals surface area contributed by atoms with E-state index >= 15 is 0 Å². The van der Waals surface area contributed by atoms with Gasteiger partial charge in [-0.25, -0.2) is 4.79 Å². The van der Waals surface area contributed by atoms with Gasteiger partial charge in [0.25, 0.3) is 0 Å². The van der Waals surface area contributed by atoms with Crippen LogP contribution in [-0.2, 0) is 4.74 Å². The van der Waals surface area contributed by atoms with Gasteiger partial charge in [0, 0.05) is 42.1 Å². The van der Waals surface area contributed by atoms with Gasteiger partial charge in [-0.2, -0.15) is 0 Å². The Morgan fingerprint density at radius 1 is 1.04 bits per heavy atom. The standard InChI is InChI=1S/C22H22N2O3/c1-3-23(4-2)18-11-10-16-14-19(22(25)27-20(16)15-18)21-24(12-13-26-21)17-8-6-5-7-9-17/h5-15,21H,3-4H2,1-2H3. The average molecular weight is 362 g/mol. The van der Waals surface area contributed by atoms with Crippen LogP contribution in [0.2, 0.25) is 0 Å². The smallest absolute Gasteiger partial charge is 0.345 e. The first-order valence-electron chi connectivity index (χ1n) is 9.19. The highest BCUT2D eigenvalue weighted by molar-refractivity contribution is 5.81. The minimum atomic E-state index is -0.532. The molecule has 0 radical (unpaired) electrons. The van der Waals surface area contributed by atoms with Crippen molar-refractivity contribution in [1.82, 2.24) is 0 Å². The van der Waals surface area contributed by atoms with Crippen molar-refractivity contribution >= 4 is 22.3 Å². The van der Waals surface area contributed by atoms with Gasteiger partial charge in [-0.3, -0.25) is 0 Å². The predicted molar refractivity (Wildman–Crippen MR) is 108 cm³/mol. The fourth-order valence-corrected chi connectivity index (χ4v) is 3.44. The quantitative estimate of drug-likeness (QED) is 0.619. The lowest BCUT2D eigenvalue weighted by atomic mass is 10.1. The number of anilines is 2. The average Bonchev–Trinajstić information content (AvgIpc) is 3.18. The Kier molecular flexibility index (Phi) is 4.59. The summed E-state index contributed by atoms with van der Waals surface area (Å²) in [5.74, 6) is 0. The maximum atomic E-state index is 12.7. The topological polar surface area (TPSA) is 45.9 Å². The van der Waals surface area contributed by atoms with Gasteiger partial charge in [0.05, 0.1) is 5.56 Å². The molecule has 1 aromatic heterocycles. The Morgan fingerprint density at radius 3 is 2.56 bits per heavy atom. The Balaban J connectivity index is 1.73. The molecule has 1 atom stereocenters. The van der Waals surface area contributed by atoms with Crippen LogP contribution in [0.25, 0.3) is 11.0 Å². The molecular weight excluding hydrogens is 340 g/mol. The number of hydrogen-bond donors (Lipinski definition) is 0. The van der Waals surface area contributed by atoms with Gasteiger partial charge < -0.3 is 19.0 Å². The number of para-hydroxylation sites is 1. The van der Waals surface area contributed by atoms with Crippen molar-refractivity contribution in [2.45, 2.75) is 20.1 Å². The lowest BCUT2D eigenvalue weighted by Gasteiger charge is -2.24. The third kappa shape index (κ3) is 3.16. The molecule has 1 unspecified atom stereocenters. The van der Waals surface area contributed by atoms with Gasteiger partial charge >= 0.3 is 5.63 Å². The third-order valence-corrected chi connectivity index (χ3v) is 4.88. The van der Waals surface area contributed by atoms with Crippen LogP contribution in [-0.4, -0.2) is 13.1 Å². The minimum Gasteiger partial charge on any atom is -0.472 e. The zero-order valence-electron chi connectivity index (χ0n) is 15.5. The predicted octanol–water partition coefficient (Wildman–Crippen LogP) is 4.65. The van der Waals surface area contributed by atoms with E-state index in [1.165, 1.54) is 0 Å². The third-order valence-electron chi connectivity index (χ3n) is 4.88. The summed E-state index contributed by atoms with van der Waals surface area (Å²) in [7, 11) is 0. The zero-order chi connectivity index (χ0) is 18.8. The van der Waals surface area contributed by atoms with E-state index in [2.05, 4.69) is 24.8 Å². The van der Waals surface area contributed by atoms with Crippen molar-refractivity contribution in [1.29, 1.82) is 0 Å². The van der Waals surface area contributed by atoms with E-state index in [-0.39, 0.29) is 5.63 Å². The first-order chi connectivity index (χ1) is 13.2. The summed E-state index contributed by atoms with van der Waals surface area (Å²) in [6, 6.07) is 17.7. The Bertz CT molecular complexity index is 1020. The highest BCUT2D eigenvalue weighted by Crippen LogP contribution is 2.32. The van der Waals surface area contributed by atoms with E-state index in [1.54, 1.807) is 6.26 Å². The van der Waals surface area contributed by atoms with Gasteiger partial charge in [-0.05, 0) is 44.2 Å². The molecule has 27 heavy (non-hydrogen) atoms. The van der Waals surface area contributed by atoms with E-state index in [0.29, 0.717) is 11.1 Å². The van der Waals surface area contributed by atoms with E-state index < -0.39 is 6.23 Å². The number of nitrogens with zero attached hydrogens (tertiary/aromatic N) is 2. The fourth-order valence-electron chi connectivity index (χ4n) is 3.44. The molecule has 0 amide bonds. The van der Waals surface area contributed by atoms with Gasteiger partial charge in [-0.15, -0.1) is 0 Å². The molecule has 0 spiro atoms. The number of fused-ring (bicyclic) bond motifs is 1. The van der Waals surface area contributed by atoms with Crippen LogP contribution in [0.1, 0.15) is 25.6 Å². The van der Waals surface area contributed by atoms with Crippen molar-refractivity contribution in [3.05, 3.63) is 83.0 Å². The summed E-state index contributed by atoms with van der Waals surface area (Å²) >= 11 is 0. The van der Waals surface area contributed by atoms with Crippen molar-refractivity contribution in [2.75, 3.05) is 22.9 Å². The van der Waals surface area contributed by atoms with Crippen LogP contribution in [0.3, 0.4) is 0 Å². The molecule has 0 N–H and O–H groups in total. The Hall–Kier alpha value is -3.21. The second-order valence-electron chi connectivity index (χ2n) is 6.40. The van der Waals surface area contributed by atoms with Gasteiger partial charge in [0.1, 0.15) is 11.8 Å². The first kappa shape index (κ1) is 17.2. The van der Waals surface area contributed by atoms with Crippen LogP contribution in [0, 0.1) is 0 Å². The number of hydrogen-bond acceptors (Lipinski definition) is 5. The molecule has 5 heteroatoms. The highest BCUT2D eigenvalue weighted by atomic mass is 16.5. The lowest BCUT2D eigenvalue weighted by molar-refractivity contribution is 0.170. The zero-order valence-corrected chi connectivity index (χ0v) is 15.5. The molecular formula is C22H22N2O3. The molecule has 4 rings (SSSR count). The van der Waals surface area contributed by atoms with E-state index in [0.717, 1.165) is 29.9 Å². The molecule has 5 nitrogen and oxygen atoms in total. The van der Waals surface area contributed by atoms with Crippen molar-refractivity contribution in [3.63, 3.8) is 0 Å². The second kappa shape index (κ2) is 7.19. The Labute approximate surface area is 158 Å². The van der Waals surface area contributed by atoms with Crippen LogP contribution in [0.5, 0.6) is 0 Å². The largest absolute Gasteiger partial charge is 0.472 e. The maximum Gasteiger partial charge on any atom is 0.345 e. The number of ether oxygens (including phenoxy) is 1. The molecule has 0 fully saturated rings. The summed E-state index contributed by atoms with van der Waals surface area (Å²) < 4.78 is 11.4. The Morgan fingerprint density at radius 2 is 1.81 bits per heavy atom. The fraction of sp³-hybridized carbons (Fsp3) is 0.227. The molecule has 0 aliphatic carbocycles. The summed E-state index contributed by atoms with van der Waals surface area (Å²) in [6.45, 7) is 6.01. The van der Waals surface area contributed by atoms with Crippen LogP contribution < -0.4 is 15.4 Å². The monoisotopic (exact) mass is 362 g/mol. The molecule has 1 aliphatic rings. The van der Waals surface area contributed by atoms with E-state index in [1.807, 2.05) is 59.6 Å². The van der Waals surface area contributed by atoms with Crippen LogP contribution in [0.15, 0.2) is 76.3 Å². The molecule has 0 saturated heterocycles. The van der Waals surface area contributed by atoms with E-state index in [9.17, 15) is 4.79 Å². The summed E-state index contributed by atoms with van der Waals surface area (Å²) in [5.41, 5.74) is 2.69. The van der Waals surface area contributed by atoms with Gasteiger partial charge in [-0.1, -0.05) is 18.2 Å². The van der Waals surface area contributed by atoms with Crippen molar-refractivity contribution in [3.8, 4) is 0 Å². The second-order valence-corrected chi connectivity index (χ2v) is 6.40. The lowest BCUT2D eigenvalue weighted by Crippen LogP contribution is -2.25. The van der Waals surface area contributed by atoms with Gasteiger partial charge in [0.2, 0.25) is 6.23 Å². The molecule has 0 saturated carbocycles. The molecule has 3 aromatic rings. The molecule has 138 valence electrons. The molecule has 0 bridgehead atoms. The van der Waals surface area contributed by atoms with Crippen molar-refractivity contribution in [2.24, 2.45) is 0 Å². The van der Waals surface area contributed by atoms with Crippen LogP contribution >= 0.6 is 0 Å². The van der Waals surface area contributed by atoms with Crippen LogP contribution in [0.4, 0.5) is 11.4 Å². The van der Waals surface area contributed by atoms with Gasteiger partial charge in [0.15, 0.2) is 0 Å². The SMILES string of the molecule is CCN(CC)c1ccc2cc(C3OC=CN3c3ccccc3)c(=O)oc2c1. The van der Waals surface area contributed by atoms with Crippen molar-refractivity contribution < 1.29 is 9.15 Å². The number of benzene rings is 2. The molecule has 2 aromatic carbocycles. The minimum absolute atomic E-state index is 0.381. The summed E-state index contributed by atoms with van der Waals surface area (Å²) in [6.07, 6.45) is 2.90.